The summed E-state index contributed by atoms with van der Waals surface area (Å²) in [6.45, 7) is 13.0. The number of epoxide rings is 1. The molecule has 1 aromatic carbocycles. The van der Waals surface area contributed by atoms with Crippen molar-refractivity contribution in [2.75, 3.05) is 0 Å². The number of aryl methyl sites for hydroxylation is 1. The lowest BCUT2D eigenvalue weighted by atomic mass is 9.71. The van der Waals surface area contributed by atoms with Crippen LogP contribution in [-0.2, 0) is 19.1 Å². The zero-order valence-electron chi connectivity index (χ0n) is 23.1. The van der Waals surface area contributed by atoms with E-state index in [2.05, 4.69) is 18.5 Å². The molecule has 0 saturated carbocycles. The van der Waals surface area contributed by atoms with Gasteiger partial charge in [-0.05, 0) is 56.7 Å². The fraction of sp³-hybridized carbons (Fsp3) is 0.633. The highest BCUT2D eigenvalue weighted by Crippen LogP contribution is 2.47. The van der Waals surface area contributed by atoms with Gasteiger partial charge in [0.2, 0.25) is 0 Å². The summed E-state index contributed by atoms with van der Waals surface area (Å²) in [6.07, 6.45) is 1.71. The van der Waals surface area contributed by atoms with Crippen molar-refractivity contribution in [3.05, 3.63) is 41.4 Å². The maximum atomic E-state index is 13.6. The van der Waals surface area contributed by atoms with Gasteiger partial charge in [0, 0.05) is 12.3 Å². The van der Waals surface area contributed by atoms with Crippen LogP contribution in [0.25, 0.3) is 10.2 Å². The van der Waals surface area contributed by atoms with E-state index in [1.165, 1.54) is 0 Å². The Labute approximate surface area is 229 Å². The molecule has 4 rings (SSSR count). The number of esters is 1. The van der Waals surface area contributed by atoms with Gasteiger partial charge in [-0.3, -0.25) is 9.59 Å². The van der Waals surface area contributed by atoms with Crippen LogP contribution in [0.5, 0.6) is 0 Å². The Hall–Kier alpha value is -2.13. The number of nitrogens with zero attached hydrogens (tertiary/aromatic N) is 1. The average Bonchev–Trinajstić information content (AvgIpc) is 3.32. The minimum absolute atomic E-state index is 0.0715. The van der Waals surface area contributed by atoms with Crippen LogP contribution in [-0.4, -0.2) is 50.9 Å². The largest absolute Gasteiger partial charge is 0.457 e. The summed E-state index contributed by atoms with van der Waals surface area (Å²) >= 11 is 1.61. The van der Waals surface area contributed by atoms with Crippen molar-refractivity contribution < 1.29 is 29.3 Å². The molecule has 208 valence electrons. The molecule has 7 nitrogen and oxygen atoms in total. The van der Waals surface area contributed by atoms with E-state index in [1.54, 1.807) is 31.3 Å². The zero-order chi connectivity index (χ0) is 27.8. The molecular formula is C30H41NO6S. The lowest BCUT2D eigenvalue weighted by molar-refractivity contribution is -0.156. The van der Waals surface area contributed by atoms with Crippen molar-refractivity contribution in [1.82, 2.24) is 4.98 Å². The van der Waals surface area contributed by atoms with Crippen molar-refractivity contribution in [3.8, 4) is 0 Å². The molecule has 3 heterocycles. The van der Waals surface area contributed by atoms with E-state index in [0.717, 1.165) is 40.1 Å². The molecular weight excluding hydrogens is 502 g/mol. The number of fused-ring (bicyclic) bond motifs is 2. The predicted octanol–water partition coefficient (Wildman–Crippen LogP) is 5.46. The van der Waals surface area contributed by atoms with Gasteiger partial charge in [-0.1, -0.05) is 39.3 Å². The number of rotatable bonds is 3. The monoisotopic (exact) mass is 543 g/mol. The molecule has 0 bridgehead atoms. The summed E-state index contributed by atoms with van der Waals surface area (Å²) in [7, 11) is 0. The minimum atomic E-state index is -1.27. The van der Waals surface area contributed by atoms with E-state index in [0.29, 0.717) is 12.8 Å². The Morgan fingerprint density at radius 3 is 2.68 bits per heavy atom. The predicted molar refractivity (Wildman–Crippen MR) is 148 cm³/mol. The molecule has 2 saturated heterocycles. The molecule has 7 atom stereocenters. The lowest BCUT2D eigenvalue weighted by Gasteiger charge is -2.35. The van der Waals surface area contributed by atoms with E-state index < -0.39 is 35.6 Å². The van der Waals surface area contributed by atoms with Crippen LogP contribution in [0.4, 0.5) is 0 Å². The van der Waals surface area contributed by atoms with Gasteiger partial charge >= 0.3 is 5.97 Å². The Morgan fingerprint density at radius 2 is 1.97 bits per heavy atom. The smallest absolute Gasteiger partial charge is 0.309 e. The molecule has 0 spiro atoms. The molecule has 1 aromatic heterocycles. The van der Waals surface area contributed by atoms with Crippen LogP contribution in [0.3, 0.4) is 0 Å². The first-order chi connectivity index (χ1) is 17.9. The summed E-state index contributed by atoms with van der Waals surface area (Å²) in [4.78, 5) is 31.3. The maximum absolute atomic E-state index is 13.6. The SMILES string of the molecule is C=CC[C@@H]1C(=O)C(C)(C)[C@H](O)CC(=O)O[C@H](c2ccc3sc(C)nc3c2)C[C@@H]2O[C@@]2(C)CCC[C@H](C)[C@@H]1O. The van der Waals surface area contributed by atoms with Crippen molar-refractivity contribution in [3.63, 3.8) is 0 Å². The van der Waals surface area contributed by atoms with Gasteiger partial charge in [0.1, 0.15) is 11.9 Å². The van der Waals surface area contributed by atoms with E-state index >= 15 is 0 Å². The Balaban J connectivity index is 1.63. The molecule has 2 N–H and O–H groups in total. The Kier molecular flexibility index (Phi) is 8.48. The second kappa shape index (κ2) is 11.2. The van der Waals surface area contributed by atoms with Gasteiger partial charge in [-0.2, -0.15) is 0 Å². The first-order valence-corrected chi connectivity index (χ1v) is 14.4. The van der Waals surface area contributed by atoms with E-state index in [4.69, 9.17) is 9.47 Å². The number of carbonyl (C=O) groups excluding carboxylic acids is 2. The van der Waals surface area contributed by atoms with Crippen molar-refractivity contribution in [2.24, 2.45) is 17.3 Å². The molecule has 0 radical (unpaired) electrons. The second-order valence-corrected chi connectivity index (χ2v) is 13.1. The van der Waals surface area contributed by atoms with Crippen molar-refractivity contribution >= 4 is 33.3 Å². The lowest BCUT2D eigenvalue weighted by Crippen LogP contribution is -2.46. The standard InChI is InChI=1S/C30H41NO6S/c1-7-9-20-27(34)17(2)10-8-13-30(6)25(37-30)15-22(19-11-12-23-21(14-19)31-18(3)38-23)36-26(33)16-24(32)29(4,5)28(20)35/h7,11-12,14,17,20,22,24-25,27,32,34H,1,8-10,13,15-16H2,2-6H3/t17-,20-,22-,24+,25-,27-,30-/m0/s1. The maximum Gasteiger partial charge on any atom is 0.309 e. The number of aliphatic hydroxyl groups excluding tert-OH is 2. The molecule has 0 aliphatic carbocycles. The number of hydrogen-bond donors (Lipinski definition) is 2. The molecule has 0 amide bonds. The number of hydrogen-bond acceptors (Lipinski definition) is 8. The van der Waals surface area contributed by atoms with E-state index in [1.807, 2.05) is 32.0 Å². The highest BCUT2D eigenvalue weighted by molar-refractivity contribution is 7.18. The number of ketones is 1. The van der Waals surface area contributed by atoms with Crippen LogP contribution < -0.4 is 0 Å². The number of thiazole rings is 1. The number of aliphatic hydroxyl groups is 2. The van der Waals surface area contributed by atoms with Crippen LogP contribution in [0.2, 0.25) is 0 Å². The average molecular weight is 544 g/mol. The van der Waals surface area contributed by atoms with Crippen molar-refractivity contribution in [2.45, 2.75) is 103 Å². The van der Waals surface area contributed by atoms with Gasteiger partial charge < -0.3 is 19.7 Å². The van der Waals surface area contributed by atoms with Gasteiger partial charge in [0.25, 0.3) is 0 Å². The highest BCUT2D eigenvalue weighted by Gasteiger charge is 2.53. The van der Waals surface area contributed by atoms with Crippen LogP contribution >= 0.6 is 11.3 Å². The number of ether oxygens (including phenoxy) is 2. The third-order valence-electron chi connectivity index (χ3n) is 8.54. The Morgan fingerprint density at radius 1 is 1.24 bits per heavy atom. The minimum Gasteiger partial charge on any atom is -0.457 e. The number of allylic oxidation sites excluding steroid dienone is 1. The summed E-state index contributed by atoms with van der Waals surface area (Å²) in [5, 5.41) is 23.2. The third kappa shape index (κ3) is 6.03. The van der Waals surface area contributed by atoms with Gasteiger partial charge in [-0.25, -0.2) is 4.98 Å². The summed E-state index contributed by atoms with van der Waals surface area (Å²) < 4.78 is 13.2. The number of benzene rings is 1. The molecule has 8 heteroatoms. The van der Waals surface area contributed by atoms with Crippen LogP contribution in [0, 0.1) is 24.2 Å². The molecule has 2 fully saturated rings. The van der Waals surface area contributed by atoms with E-state index in [9.17, 15) is 19.8 Å². The highest BCUT2D eigenvalue weighted by atomic mass is 32.1. The number of Topliss-reactive ketones (excluding diaryl/α,β-unsaturated/α-hetero) is 1. The normalized spacial score (nSPS) is 34.9. The fourth-order valence-electron chi connectivity index (χ4n) is 5.70. The third-order valence-corrected chi connectivity index (χ3v) is 9.49. The number of aromatic nitrogens is 1. The first kappa shape index (κ1) is 28.9. The number of cyclic esters (lactones) is 1. The fourth-order valence-corrected chi connectivity index (χ4v) is 6.51. The second-order valence-electron chi connectivity index (χ2n) is 11.9. The van der Waals surface area contributed by atoms with Gasteiger partial charge in [-0.15, -0.1) is 17.9 Å². The zero-order valence-corrected chi connectivity index (χ0v) is 23.9. The molecule has 0 unspecified atom stereocenters. The topological polar surface area (TPSA) is 109 Å². The number of carbonyl (C=O) groups is 2. The summed E-state index contributed by atoms with van der Waals surface area (Å²) in [5.41, 5.74) is 0.115. The Bertz CT molecular complexity index is 1190. The van der Waals surface area contributed by atoms with Crippen molar-refractivity contribution in [1.29, 1.82) is 0 Å². The van der Waals surface area contributed by atoms with Gasteiger partial charge in [0.05, 0.1) is 51.0 Å². The summed E-state index contributed by atoms with van der Waals surface area (Å²) in [6, 6.07) is 5.92. The van der Waals surface area contributed by atoms with Crippen LogP contribution in [0.1, 0.15) is 82.9 Å². The first-order valence-electron chi connectivity index (χ1n) is 13.6. The molecule has 2 aromatic rings. The van der Waals surface area contributed by atoms with E-state index in [-0.39, 0.29) is 29.8 Å². The summed E-state index contributed by atoms with van der Waals surface area (Å²) in [5.74, 6) is -1.68. The molecule has 38 heavy (non-hydrogen) atoms. The molecule has 2 aliphatic rings. The van der Waals surface area contributed by atoms with Crippen LogP contribution in [0.15, 0.2) is 30.9 Å². The van der Waals surface area contributed by atoms with Gasteiger partial charge in [0.15, 0.2) is 0 Å². The quantitative estimate of drug-likeness (QED) is 0.301. The molecule has 2 aliphatic heterocycles.